The van der Waals surface area contributed by atoms with E-state index in [2.05, 4.69) is 15.9 Å². The van der Waals surface area contributed by atoms with E-state index < -0.39 is 0 Å². The van der Waals surface area contributed by atoms with E-state index >= 15 is 0 Å². The zero-order chi connectivity index (χ0) is 8.72. The zero-order valence-corrected chi connectivity index (χ0v) is 8.10. The van der Waals surface area contributed by atoms with E-state index in [1.807, 2.05) is 25.2 Å². The van der Waals surface area contributed by atoms with Crippen molar-refractivity contribution in [2.24, 2.45) is 7.05 Å². The van der Waals surface area contributed by atoms with E-state index in [-0.39, 0.29) is 5.82 Å². The van der Waals surface area contributed by atoms with Crippen molar-refractivity contribution in [1.29, 1.82) is 0 Å². The smallest absolute Gasteiger partial charge is 0.149 e. The van der Waals surface area contributed by atoms with Gasteiger partial charge in [0, 0.05) is 23.1 Å². The quantitative estimate of drug-likeness (QED) is 0.652. The standard InChI is InChI=1S/C9H7BrFN/c1-12-5-7(11)9-6(10)3-2-4-8(9)12/h2-5H,1H3. The highest BCUT2D eigenvalue weighted by molar-refractivity contribution is 9.10. The highest BCUT2D eigenvalue weighted by Crippen LogP contribution is 2.26. The number of hydrogen-bond acceptors (Lipinski definition) is 0. The highest BCUT2D eigenvalue weighted by atomic mass is 79.9. The van der Waals surface area contributed by atoms with E-state index in [0.29, 0.717) is 5.39 Å². The molecule has 0 amide bonds. The largest absolute Gasteiger partial charge is 0.348 e. The SMILES string of the molecule is Cn1cc(F)c2c(Br)cccc21. The second-order valence-electron chi connectivity index (χ2n) is 2.72. The molecule has 1 aromatic heterocycles. The Morgan fingerprint density at radius 2 is 2.17 bits per heavy atom. The van der Waals surface area contributed by atoms with Gasteiger partial charge in [-0.3, -0.25) is 0 Å². The van der Waals surface area contributed by atoms with Crippen LogP contribution in [0.1, 0.15) is 0 Å². The van der Waals surface area contributed by atoms with Gasteiger partial charge in [0.05, 0.1) is 5.52 Å². The maximum Gasteiger partial charge on any atom is 0.149 e. The molecule has 62 valence electrons. The van der Waals surface area contributed by atoms with Crippen LogP contribution >= 0.6 is 15.9 Å². The summed E-state index contributed by atoms with van der Waals surface area (Å²) < 4.78 is 15.8. The van der Waals surface area contributed by atoms with Gasteiger partial charge in [-0.15, -0.1) is 0 Å². The van der Waals surface area contributed by atoms with Gasteiger partial charge < -0.3 is 4.57 Å². The zero-order valence-electron chi connectivity index (χ0n) is 6.51. The molecule has 0 unspecified atom stereocenters. The Labute approximate surface area is 77.9 Å². The van der Waals surface area contributed by atoms with Crippen molar-refractivity contribution in [3.63, 3.8) is 0 Å². The van der Waals surface area contributed by atoms with Crippen LogP contribution in [0.2, 0.25) is 0 Å². The Morgan fingerprint density at radius 3 is 2.83 bits per heavy atom. The van der Waals surface area contributed by atoms with Crippen LogP contribution < -0.4 is 0 Å². The number of aromatic nitrogens is 1. The molecule has 0 N–H and O–H groups in total. The molecule has 0 aliphatic carbocycles. The molecule has 0 spiro atoms. The molecule has 0 aliphatic heterocycles. The molecule has 0 radical (unpaired) electrons. The molecule has 2 rings (SSSR count). The molecule has 1 nitrogen and oxygen atoms in total. The average molecular weight is 228 g/mol. The Kier molecular flexibility index (Phi) is 1.68. The van der Waals surface area contributed by atoms with Crippen molar-refractivity contribution >= 4 is 26.8 Å². The van der Waals surface area contributed by atoms with E-state index in [9.17, 15) is 4.39 Å². The monoisotopic (exact) mass is 227 g/mol. The normalized spacial score (nSPS) is 10.9. The molecule has 0 atom stereocenters. The lowest BCUT2D eigenvalue weighted by atomic mass is 10.2. The van der Waals surface area contributed by atoms with Crippen LogP contribution in [0.5, 0.6) is 0 Å². The molecule has 1 heterocycles. The highest BCUT2D eigenvalue weighted by Gasteiger charge is 2.07. The van der Waals surface area contributed by atoms with Gasteiger partial charge in [0.15, 0.2) is 0 Å². The summed E-state index contributed by atoms with van der Waals surface area (Å²) in [6, 6.07) is 5.63. The van der Waals surface area contributed by atoms with Gasteiger partial charge in [-0.1, -0.05) is 6.07 Å². The van der Waals surface area contributed by atoms with Crippen LogP contribution in [-0.2, 0) is 7.05 Å². The number of hydrogen-bond donors (Lipinski definition) is 0. The minimum atomic E-state index is -0.181. The molecule has 0 bridgehead atoms. The molecule has 12 heavy (non-hydrogen) atoms. The fourth-order valence-electron chi connectivity index (χ4n) is 1.35. The van der Waals surface area contributed by atoms with Crippen molar-refractivity contribution in [1.82, 2.24) is 4.57 Å². The van der Waals surface area contributed by atoms with Crippen molar-refractivity contribution in [2.75, 3.05) is 0 Å². The van der Waals surface area contributed by atoms with E-state index in [1.165, 1.54) is 6.20 Å². The third-order valence-electron chi connectivity index (χ3n) is 1.92. The second kappa shape index (κ2) is 2.59. The van der Waals surface area contributed by atoms with Crippen LogP contribution in [0.3, 0.4) is 0 Å². The molecular formula is C9H7BrFN. The van der Waals surface area contributed by atoms with Gasteiger partial charge in [-0.25, -0.2) is 4.39 Å². The Bertz CT molecular complexity index is 433. The first kappa shape index (κ1) is 7.80. The van der Waals surface area contributed by atoms with Crippen LogP contribution in [0.4, 0.5) is 4.39 Å². The van der Waals surface area contributed by atoms with Gasteiger partial charge in [-0.2, -0.15) is 0 Å². The molecule has 0 fully saturated rings. The van der Waals surface area contributed by atoms with E-state index in [1.54, 1.807) is 4.57 Å². The maximum absolute atomic E-state index is 13.2. The first-order valence-corrected chi connectivity index (χ1v) is 4.38. The lowest BCUT2D eigenvalue weighted by molar-refractivity contribution is 0.633. The fourth-order valence-corrected chi connectivity index (χ4v) is 1.89. The molecule has 3 heteroatoms. The molecule has 1 aromatic carbocycles. The Morgan fingerprint density at radius 1 is 1.42 bits per heavy atom. The summed E-state index contributed by atoms with van der Waals surface area (Å²) in [6.07, 6.45) is 1.48. The summed E-state index contributed by atoms with van der Waals surface area (Å²) in [6.45, 7) is 0. The van der Waals surface area contributed by atoms with Crippen molar-refractivity contribution in [3.05, 3.63) is 34.7 Å². The van der Waals surface area contributed by atoms with Crippen LogP contribution in [0.15, 0.2) is 28.9 Å². The van der Waals surface area contributed by atoms with Crippen LogP contribution in [0, 0.1) is 5.82 Å². The number of halogens is 2. The van der Waals surface area contributed by atoms with Crippen molar-refractivity contribution in [2.45, 2.75) is 0 Å². The van der Waals surface area contributed by atoms with Crippen molar-refractivity contribution < 1.29 is 4.39 Å². The lowest BCUT2D eigenvalue weighted by Crippen LogP contribution is -1.82. The third-order valence-corrected chi connectivity index (χ3v) is 2.58. The van der Waals surface area contributed by atoms with Crippen molar-refractivity contribution in [3.8, 4) is 0 Å². The number of aryl methyl sites for hydroxylation is 1. The first-order valence-electron chi connectivity index (χ1n) is 3.59. The minimum Gasteiger partial charge on any atom is -0.348 e. The predicted octanol–water partition coefficient (Wildman–Crippen LogP) is 3.08. The lowest BCUT2D eigenvalue weighted by Gasteiger charge is -1.95. The number of nitrogens with zero attached hydrogens (tertiary/aromatic N) is 1. The van der Waals surface area contributed by atoms with Gasteiger partial charge >= 0.3 is 0 Å². The summed E-state index contributed by atoms with van der Waals surface area (Å²) in [5, 5.41) is 0.653. The third kappa shape index (κ3) is 0.966. The molecule has 2 aromatic rings. The maximum atomic E-state index is 13.2. The van der Waals surface area contributed by atoms with Gasteiger partial charge in [0.1, 0.15) is 5.82 Å². The number of fused-ring (bicyclic) bond motifs is 1. The van der Waals surface area contributed by atoms with E-state index in [4.69, 9.17) is 0 Å². The number of benzene rings is 1. The predicted molar refractivity (Wildman–Crippen MR) is 50.6 cm³/mol. The second-order valence-corrected chi connectivity index (χ2v) is 3.58. The molecule has 0 aliphatic rings. The summed E-state index contributed by atoms with van der Waals surface area (Å²) >= 11 is 3.31. The topological polar surface area (TPSA) is 4.93 Å². The summed E-state index contributed by atoms with van der Waals surface area (Å²) in [7, 11) is 1.83. The van der Waals surface area contributed by atoms with Crippen LogP contribution in [0.25, 0.3) is 10.9 Å². The fraction of sp³-hybridized carbons (Fsp3) is 0.111. The van der Waals surface area contributed by atoms with E-state index in [0.717, 1.165) is 9.99 Å². The summed E-state index contributed by atoms with van der Waals surface area (Å²) in [5.41, 5.74) is 0.905. The van der Waals surface area contributed by atoms with Crippen LogP contribution in [-0.4, -0.2) is 4.57 Å². The summed E-state index contributed by atoms with van der Waals surface area (Å²) in [5.74, 6) is -0.181. The van der Waals surface area contributed by atoms with Gasteiger partial charge in [-0.05, 0) is 28.1 Å². The average Bonchev–Trinajstić information content (AvgIpc) is 2.29. The molecule has 0 saturated heterocycles. The Hall–Kier alpha value is -0.830. The molecular weight excluding hydrogens is 221 g/mol. The molecule has 0 saturated carbocycles. The Balaban J connectivity index is 2.99. The van der Waals surface area contributed by atoms with Gasteiger partial charge in [0.25, 0.3) is 0 Å². The summed E-state index contributed by atoms with van der Waals surface area (Å²) in [4.78, 5) is 0. The number of rotatable bonds is 0. The van der Waals surface area contributed by atoms with Gasteiger partial charge in [0.2, 0.25) is 0 Å². The first-order chi connectivity index (χ1) is 5.70. The minimum absolute atomic E-state index is 0.181.